The van der Waals surface area contributed by atoms with Crippen LogP contribution >= 0.6 is 0 Å². The Hall–Kier alpha value is -2.92. The van der Waals surface area contributed by atoms with Gasteiger partial charge in [0.15, 0.2) is 6.61 Å². The molecule has 0 aliphatic carbocycles. The van der Waals surface area contributed by atoms with Crippen LogP contribution < -0.4 is 15.5 Å². The summed E-state index contributed by atoms with van der Waals surface area (Å²) in [5.41, 5.74) is -0.427. The van der Waals surface area contributed by atoms with E-state index in [2.05, 4.69) is 5.32 Å². The number of rotatable bonds is 5. The van der Waals surface area contributed by atoms with Crippen molar-refractivity contribution in [1.29, 1.82) is 0 Å². The van der Waals surface area contributed by atoms with Crippen LogP contribution in [0.25, 0.3) is 0 Å². The highest BCUT2D eigenvalue weighted by molar-refractivity contribution is 6.62. The minimum atomic E-state index is -0.776. The minimum absolute atomic E-state index is 0.105. The molecule has 0 saturated carbocycles. The molecule has 0 bridgehead atoms. The third-order valence-electron chi connectivity index (χ3n) is 6.93. The van der Waals surface area contributed by atoms with Crippen molar-refractivity contribution in [2.24, 2.45) is 0 Å². The number of carbonyl (C=O) groups is 4. The molecule has 4 rings (SSSR count). The number of hydrogen-bond acceptors (Lipinski definition) is 8. The predicted molar refractivity (Wildman–Crippen MR) is 152 cm³/mol. The van der Waals surface area contributed by atoms with Crippen LogP contribution in [0.1, 0.15) is 105 Å². The molecular weight excluding hydrogens is 515 g/mol. The standard InChI is InChI=1S/C25H33BN2O8.2C2H6/c1-23(2,3)34-20(30)13-33-18-11-14(26-35-24(4,5)25(6,7)36-26)10-15-16(18)12-28(22(15)32)17-8-9-19(29)27-21(17)31;2*1-2/h10-11,17H,8-9,12-13H2,1-7H3,(H,27,29,31);2*1-2H3. The van der Waals surface area contributed by atoms with Crippen LogP contribution in [0.3, 0.4) is 0 Å². The highest BCUT2D eigenvalue weighted by Gasteiger charge is 2.52. The summed E-state index contributed by atoms with van der Waals surface area (Å²) in [5.74, 6) is -1.46. The van der Waals surface area contributed by atoms with Crippen molar-refractivity contribution in [1.82, 2.24) is 10.2 Å². The molecule has 0 spiro atoms. The van der Waals surface area contributed by atoms with Crippen molar-refractivity contribution in [3.63, 3.8) is 0 Å². The highest BCUT2D eigenvalue weighted by Crippen LogP contribution is 2.38. The van der Waals surface area contributed by atoms with E-state index in [-0.39, 0.29) is 37.8 Å². The van der Waals surface area contributed by atoms with E-state index in [1.165, 1.54) is 4.90 Å². The first kappa shape index (κ1) is 33.3. The van der Waals surface area contributed by atoms with Crippen molar-refractivity contribution in [3.05, 3.63) is 23.3 Å². The number of fused-ring (bicyclic) bond motifs is 1. The summed E-state index contributed by atoms with van der Waals surface area (Å²) in [6.45, 7) is 20.7. The van der Waals surface area contributed by atoms with E-state index in [9.17, 15) is 19.2 Å². The second-order valence-corrected chi connectivity index (χ2v) is 11.4. The predicted octanol–water partition coefficient (Wildman–Crippen LogP) is 3.52. The molecule has 10 nitrogen and oxygen atoms in total. The number of nitrogens with one attached hydrogen (secondary N) is 1. The SMILES string of the molecule is CC.CC.CC(C)(C)OC(=O)COc1cc(B2OC(C)(C)C(C)(C)O2)cc2c1CN(C1CCC(=O)NC1=O)C2=O. The first-order valence-electron chi connectivity index (χ1n) is 14.1. The summed E-state index contributed by atoms with van der Waals surface area (Å²) in [5, 5.41) is 2.30. The molecule has 3 aliphatic heterocycles. The summed E-state index contributed by atoms with van der Waals surface area (Å²) in [7, 11) is -0.762. The average Bonchev–Trinajstić information content (AvgIpc) is 3.30. The van der Waals surface area contributed by atoms with Crippen molar-refractivity contribution in [2.75, 3.05) is 6.61 Å². The molecule has 1 unspecified atom stereocenters. The van der Waals surface area contributed by atoms with Gasteiger partial charge in [0, 0.05) is 17.5 Å². The number of carbonyl (C=O) groups excluding carboxylic acids is 4. The van der Waals surface area contributed by atoms with Gasteiger partial charge >= 0.3 is 13.1 Å². The second-order valence-electron chi connectivity index (χ2n) is 11.4. The fraction of sp³-hybridized carbons (Fsp3) is 0.655. The van der Waals surface area contributed by atoms with Crippen LogP contribution in [-0.2, 0) is 35.0 Å². The summed E-state index contributed by atoms with van der Waals surface area (Å²) in [6, 6.07) is 2.61. The van der Waals surface area contributed by atoms with Gasteiger partial charge in [-0.2, -0.15) is 0 Å². The molecule has 11 heteroatoms. The van der Waals surface area contributed by atoms with Gasteiger partial charge in [-0.05, 0) is 72.5 Å². The first-order valence-corrected chi connectivity index (χ1v) is 14.1. The zero-order valence-corrected chi connectivity index (χ0v) is 25.9. The lowest BCUT2D eigenvalue weighted by atomic mass is 9.77. The number of benzene rings is 1. The zero-order valence-electron chi connectivity index (χ0n) is 25.9. The molecule has 3 amide bonds. The van der Waals surface area contributed by atoms with Gasteiger partial charge in [0.25, 0.3) is 5.91 Å². The third-order valence-corrected chi connectivity index (χ3v) is 6.93. The van der Waals surface area contributed by atoms with Crippen molar-refractivity contribution < 1.29 is 38.0 Å². The van der Waals surface area contributed by atoms with Gasteiger partial charge in [-0.25, -0.2) is 4.79 Å². The van der Waals surface area contributed by atoms with Gasteiger partial charge in [-0.3, -0.25) is 19.7 Å². The van der Waals surface area contributed by atoms with Crippen LogP contribution in [0.15, 0.2) is 12.1 Å². The van der Waals surface area contributed by atoms with Crippen LogP contribution in [0, 0.1) is 0 Å². The van der Waals surface area contributed by atoms with Crippen LogP contribution in [0.5, 0.6) is 5.75 Å². The number of nitrogens with zero attached hydrogens (tertiary/aromatic N) is 1. The van der Waals surface area contributed by atoms with E-state index in [1.54, 1.807) is 32.9 Å². The number of ether oxygens (including phenoxy) is 2. The Balaban J connectivity index is 0.00000134. The molecule has 222 valence electrons. The maximum absolute atomic E-state index is 13.5. The van der Waals surface area contributed by atoms with Crippen LogP contribution in [-0.4, -0.2) is 65.2 Å². The smallest absolute Gasteiger partial charge is 0.482 e. The Morgan fingerprint density at radius 3 is 2.15 bits per heavy atom. The lowest BCUT2D eigenvalue weighted by Gasteiger charge is -2.32. The summed E-state index contributed by atoms with van der Waals surface area (Å²) in [6.07, 6.45) is 0.389. The minimum Gasteiger partial charge on any atom is -0.482 e. The molecule has 3 aliphatic rings. The lowest BCUT2D eigenvalue weighted by Crippen LogP contribution is -2.52. The molecule has 1 aromatic carbocycles. The highest BCUT2D eigenvalue weighted by atomic mass is 16.7. The maximum Gasteiger partial charge on any atom is 0.494 e. The summed E-state index contributed by atoms with van der Waals surface area (Å²) in [4.78, 5) is 51.3. The Labute approximate surface area is 238 Å². The van der Waals surface area contributed by atoms with Crippen LogP contribution in [0.2, 0.25) is 0 Å². The number of imide groups is 1. The monoisotopic (exact) mass is 560 g/mol. The quantitative estimate of drug-likeness (QED) is 0.330. The average molecular weight is 560 g/mol. The number of amides is 3. The molecule has 1 N–H and O–H groups in total. The summed E-state index contributed by atoms with van der Waals surface area (Å²) >= 11 is 0. The molecule has 2 fully saturated rings. The first-order chi connectivity index (χ1) is 18.6. The van der Waals surface area contributed by atoms with E-state index < -0.39 is 41.8 Å². The van der Waals surface area contributed by atoms with Crippen molar-refractivity contribution >= 4 is 36.3 Å². The van der Waals surface area contributed by atoms with Crippen LogP contribution in [0.4, 0.5) is 0 Å². The molecular formula is C29H45BN2O8. The molecule has 0 aromatic heterocycles. The number of esters is 1. The van der Waals surface area contributed by atoms with E-state index in [0.717, 1.165) is 0 Å². The lowest BCUT2D eigenvalue weighted by molar-refractivity contribution is -0.157. The maximum atomic E-state index is 13.5. The van der Waals surface area contributed by atoms with E-state index in [4.69, 9.17) is 18.8 Å². The van der Waals surface area contributed by atoms with Crippen molar-refractivity contribution in [2.45, 2.75) is 118 Å². The van der Waals surface area contributed by atoms with Gasteiger partial charge in [0.1, 0.15) is 17.4 Å². The Morgan fingerprint density at radius 2 is 1.62 bits per heavy atom. The Bertz CT molecular complexity index is 1110. The summed E-state index contributed by atoms with van der Waals surface area (Å²) < 4.78 is 23.6. The zero-order chi connectivity index (χ0) is 30.6. The fourth-order valence-electron chi connectivity index (χ4n) is 4.40. The molecule has 2 saturated heterocycles. The largest absolute Gasteiger partial charge is 0.494 e. The molecule has 1 aromatic rings. The second kappa shape index (κ2) is 12.7. The topological polar surface area (TPSA) is 120 Å². The van der Waals surface area contributed by atoms with E-state index in [1.807, 2.05) is 55.4 Å². The normalized spacial score (nSPS) is 21.0. The third kappa shape index (κ3) is 7.23. The van der Waals surface area contributed by atoms with Gasteiger partial charge in [-0.1, -0.05) is 27.7 Å². The number of hydrogen-bond donors (Lipinski definition) is 1. The molecule has 1 atom stereocenters. The molecule has 40 heavy (non-hydrogen) atoms. The fourth-order valence-corrected chi connectivity index (χ4v) is 4.40. The Kier molecular flexibility index (Phi) is 10.6. The van der Waals surface area contributed by atoms with E-state index in [0.29, 0.717) is 22.3 Å². The van der Waals surface area contributed by atoms with E-state index >= 15 is 0 Å². The Morgan fingerprint density at radius 1 is 1.05 bits per heavy atom. The van der Waals surface area contributed by atoms with Gasteiger partial charge < -0.3 is 23.7 Å². The molecule has 3 heterocycles. The number of piperidine rings is 1. The van der Waals surface area contributed by atoms with Crippen molar-refractivity contribution in [3.8, 4) is 5.75 Å². The van der Waals surface area contributed by atoms with Gasteiger partial charge in [0.05, 0.1) is 17.7 Å². The van der Waals surface area contributed by atoms with Gasteiger partial charge in [-0.15, -0.1) is 0 Å². The molecule has 0 radical (unpaired) electrons. The van der Waals surface area contributed by atoms with Gasteiger partial charge in [0.2, 0.25) is 11.8 Å².